The van der Waals surface area contributed by atoms with Gasteiger partial charge in [-0.15, -0.1) is 11.8 Å². The molecule has 0 saturated carbocycles. The number of nitrogens with zero attached hydrogens (tertiary/aromatic N) is 5. The number of aliphatic hydroxyl groups excluding tert-OH is 1. The van der Waals surface area contributed by atoms with Crippen LogP contribution in [0.2, 0.25) is 5.02 Å². The van der Waals surface area contributed by atoms with Gasteiger partial charge in [0.2, 0.25) is 0 Å². The SMILES string of the molecule is Cc1c(C(=O)O)c(-c2cccc(N3CCN(c4ccc(N5CCO[P@]5(=O)c5ccc(C[C@H](CCN6CCC(CO)CC6)CSc6ccccc6)c(S(=O)(=O)C(F)(F)F)c5)cc4)CC3)c2)c(-c2ccc(Cl)cc2)n1C(C)C. The molecule has 6 aromatic rings. The fourth-order valence-electron chi connectivity index (χ4n) is 11.0. The quantitative estimate of drug-likeness (QED) is 0.0626. The normalized spacial score (nSPS) is 18.5. The van der Waals surface area contributed by atoms with E-state index in [2.05, 4.69) is 25.3 Å². The van der Waals surface area contributed by atoms with E-state index >= 15 is 4.57 Å². The number of thioether (sulfide) groups is 1. The van der Waals surface area contributed by atoms with Crippen LogP contribution in [0.5, 0.6) is 0 Å². The number of benzene rings is 5. The lowest BCUT2D eigenvalue weighted by Gasteiger charge is -2.37. The summed E-state index contributed by atoms with van der Waals surface area (Å²) in [5.41, 5.74) is 0.831. The second kappa shape index (κ2) is 23.4. The molecule has 3 fully saturated rings. The maximum absolute atomic E-state index is 15.0. The molecule has 76 heavy (non-hydrogen) atoms. The predicted octanol–water partition coefficient (Wildman–Crippen LogP) is 12.1. The van der Waals surface area contributed by atoms with Gasteiger partial charge in [-0.25, -0.2) is 13.2 Å². The van der Waals surface area contributed by atoms with Gasteiger partial charge in [0.1, 0.15) is 0 Å². The maximum atomic E-state index is 15.0. The number of likely N-dealkylation sites (tertiary alicyclic amines) is 1. The van der Waals surface area contributed by atoms with E-state index in [1.807, 2.05) is 106 Å². The third kappa shape index (κ3) is 11.8. The van der Waals surface area contributed by atoms with Crippen molar-refractivity contribution in [3.05, 3.63) is 143 Å². The fourth-order valence-corrected chi connectivity index (χ4v) is 15.5. The zero-order valence-corrected chi connectivity index (χ0v) is 46.1. The van der Waals surface area contributed by atoms with Gasteiger partial charge in [0, 0.05) is 82.8 Å². The Hall–Kier alpha value is -5.26. The Morgan fingerprint density at radius 2 is 1.47 bits per heavy atom. The summed E-state index contributed by atoms with van der Waals surface area (Å²) in [5.74, 6) is -0.406. The van der Waals surface area contributed by atoms with E-state index in [0.29, 0.717) is 66.9 Å². The molecular weight excluding hydrogens is 1050 g/mol. The Morgan fingerprint density at radius 1 is 0.816 bits per heavy atom. The second-order valence-corrected chi connectivity index (χ2v) is 25.9. The number of aliphatic hydroxyl groups is 1. The Kier molecular flexibility index (Phi) is 17.1. The van der Waals surface area contributed by atoms with Crippen LogP contribution in [0.3, 0.4) is 0 Å². The summed E-state index contributed by atoms with van der Waals surface area (Å²) in [6.45, 7) is 11.2. The number of alkyl halides is 3. The number of carbonyl (C=O) groups is 1. The van der Waals surface area contributed by atoms with Crippen molar-refractivity contribution in [1.82, 2.24) is 9.47 Å². The van der Waals surface area contributed by atoms with Crippen molar-refractivity contribution in [2.45, 2.75) is 67.8 Å². The van der Waals surface area contributed by atoms with Crippen molar-refractivity contribution in [2.75, 3.05) is 85.8 Å². The molecule has 0 bridgehead atoms. The molecule has 1 aromatic heterocycles. The van der Waals surface area contributed by atoms with E-state index in [1.54, 1.807) is 23.9 Å². The summed E-state index contributed by atoms with van der Waals surface area (Å²) in [6.07, 6.45) is 2.39. The van der Waals surface area contributed by atoms with Crippen LogP contribution >= 0.6 is 30.9 Å². The van der Waals surface area contributed by atoms with Crippen molar-refractivity contribution in [2.24, 2.45) is 11.8 Å². The van der Waals surface area contributed by atoms with Gasteiger partial charge in [0.15, 0.2) is 0 Å². The monoisotopic (exact) mass is 1120 g/mol. The van der Waals surface area contributed by atoms with Crippen molar-refractivity contribution >= 4 is 69.1 Å². The number of aromatic nitrogens is 1. The predicted molar refractivity (Wildman–Crippen MR) is 299 cm³/mol. The smallest absolute Gasteiger partial charge is 0.478 e. The van der Waals surface area contributed by atoms with Crippen LogP contribution in [-0.4, -0.2) is 111 Å². The molecule has 0 unspecified atom stereocenters. The Bertz CT molecular complexity index is 3170. The molecule has 0 radical (unpaired) electrons. The molecule has 5 aromatic carbocycles. The highest BCUT2D eigenvalue weighted by molar-refractivity contribution is 7.99. The Morgan fingerprint density at radius 3 is 2.11 bits per heavy atom. The average Bonchev–Trinajstić information content (AvgIpc) is 4.10. The molecule has 4 heterocycles. The first-order valence-electron chi connectivity index (χ1n) is 25.8. The average molecular weight is 1120 g/mol. The molecular formula is C57H64ClF3N5O7PS2. The maximum Gasteiger partial charge on any atom is 0.501 e. The number of aromatic carboxylic acids is 1. The van der Waals surface area contributed by atoms with Crippen molar-refractivity contribution in [1.29, 1.82) is 0 Å². The van der Waals surface area contributed by atoms with Gasteiger partial charge in [-0.1, -0.05) is 60.1 Å². The summed E-state index contributed by atoms with van der Waals surface area (Å²) >= 11 is 7.85. The molecule has 0 spiro atoms. The fraction of sp³-hybridized carbons (Fsp3) is 0.386. The third-order valence-electron chi connectivity index (χ3n) is 15.0. The van der Waals surface area contributed by atoms with E-state index in [9.17, 15) is 36.6 Å². The number of carboxylic acids is 1. The van der Waals surface area contributed by atoms with Crippen LogP contribution in [0.15, 0.2) is 131 Å². The van der Waals surface area contributed by atoms with Crippen LogP contribution < -0.4 is 19.8 Å². The highest BCUT2D eigenvalue weighted by Crippen LogP contribution is 2.56. The zero-order chi connectivity index (χ0) is 53.9. The number of piperidine rings is 1. The largest absolute Gasteiger partial charge is 0.501 e. The molecule has 2 atom stereocenters. The van der Waals surface area contributed by atoms with E-state index in [4.69, 9.17) is 16.1 Å². The lowest BCUT2D eigenvalue weighted by atomic mass is 9.95. The molecule has 0 aliphatic carbocycles. The topological polar surface area (TPSA) is 136 Å². The summed E-state index contributed by atoms with van der Waals surface area (Å²) in [6, 6.07) is 36.3. The number of sulfone groups is 1. The summed E-state index contributed by atoms with van der Waals surface area (Å²) in [7, 11) is -9.96. The van der Waals surface area contributed by atoms with E-state index in [-0.39, 0.29) is 60.5 Å². The first-order valence-corrected chi connectivity index (χ1v) is 30.2. The number of anilines is 3. The van der Waals surface area contributed by atoms with Crippen molar-refractivity contribution < 1.29 is 45.7 Å². The van der Waals surface area contributed by atoms with Gasteiger partial charge in [-0.2, -0.15) is 13.2 Å². The minimum atomic E-state index is -5.87. The number of hydrogen-bond donors (Lipinski definition) is 2. The number of carboxylic acid groups (broad SMARTS) is 1. The molecule has 3 saturated heterocycles. The molecule has 19 heteroatoms. The van der Waals surface area contributed by atoms with Crippen molar-refractivity contribution in [3.63, 3.8) is 0 Å². The van der Waals surface area contributed by atoms with Gasteiger partial charge in [-0.3, -0.25) is 9.24 Å². The number of halogens is 4. The molecule has 12 nitrogen and oxygen atoms in total. The Balaban J connectivity index is 0.921. The van der Waals surface area contributed by atoms with Crippen LogP contribution in [0.4, 0.5) is 30.2 Å². The lowest BCUT2D eigenvalue weighted by Crippen LogP contribution is -2.46. The molecule has 404 valence electrons. The first kappa shape index (κ1) is 55.5. The minimum absolute atomic E-state index is 0.0141. The minimum Gasteiger partial charge on any atom is -0.478 e. The van der Waals surface area contributed by atoms with E-state index < -0.39 is 33.7 Å². The number of piperazine rings is 1. The van der Waals surface area contributed by atoms with Crippen LogP contribution in [0.25, 0.3) is 22.4 Å². The molecule has 0 amide bonds. The number of hydrogen-bond acceptors (Lipinski definition) is 10. The van der Waals surface area contributed by atoms with Gasteiger partial charge in [-0.05, 0) is 167 Å². The summed E-state index contributed by atoms with van der Waals surface area (Å²) in [5, 5.41) is 20.7. The molecule has 9 rings (SSSR count). The van der Waals surface area contributed by atoms with Crippen LogP contribution in [0, 0.1) is 18.8 Å². The molecule has 3 aliphatic rings. The van der Waals surface area contributed by atoms with Gasteiger partial charge >= 0.3 is 19.0 Å². The van der Waals surface area contributed by atoms with Gasteiger partial charge in [0.25, 0.3) is 9.84 Å². The third-order valence-corrected chi connectivity index (χ3v) is 20.6. The first-order chi connectivity index (χ1) is 36.4. The zero-order valence-electron chi connectivity index (χ0n) is 42.8. The molecule has 3 aliphatic heterocycles. The molecule has 2 N–H and O–H groups in total. The second-order valence-electron chi connectivity index (χ2n) is 20.2. The number of rotatable bonds is 18. The van der Waals surface area contributed by atoms with E-state index in [0.717, 1.165) is 65.1 Å². The van der Waals surface area contributed by atoms with Crippen molar-refractivity contribution in [3.8, 4) is 22.4 Å². The highest BCUT2D eigenvalue weighted by Gasteiger charge is 2.49. The summed E-state index contributed by atoms with van der Waals surface area (Å²) in [4.78, 5) is 19.8. The highest BCUT2D eigenvalue weighted by atomic mass is 35.5. The Labute approximate surface area is 452 Å². The summed E-state index contributed by atoms with van der Waals surface area (Å²) < 4.78 is 95.2. The van der Waals surface area contributed by atoms with Crippen LogP contribution in [-0.2, 0) is 25.3 Å². The van der Waals surface area contributed by atoms with E-state index in [1.165, 1.54) is 16.8 Å². The van der Waals surface area contributed by atoms with Gasteiger partial charge in [0.05, 0.1) is 34.6 Å². The van der Waals surface area contributed by atoms with Crippen LogP contribution in [0.1, 0.15) is 60.8 Å². The van der Waals surface area contributed by atoms with Gasteiger partial charge < -0.3 is 34.0 Å². The lowest BCUT2D eigenvalue weighted by molar-refractivity contribution is -0.0436. The standard InChI is InChI=1S/C57H64ClF3N5O7PS2/c1-39(2)66-40(3)53(56(68)69)54(55(66)43-12-15-46(58)16-13-43)45-8-7-9-49(35-45)64-30-28-63(29-31-64)47-17-19-48(20-18-47)65-32-33-73-74(65,70)50-21-14-44(52(36-50)76(71,72)57(59,60)61)34-42(38-75-51-10-5-4-6-11-51)24-27-62-25-22-41(37-67)23-26-62/h4-21,35-36,39,41-42,67H,22-34,37-38H2,1-3H3,(H,68,69)/t42-,74+/m0/s1.